The monoisotopic (exact) mass is 295 g/mol. The maximum Gasteiger partial charge on any atom is 0.191 e. The maximum absolute atomic E-state index is 4.21. The van der Waals surface area contributed by atoms with Crippen molar-refractivity contribution in [2.75, 3.05) is 0 Å². The summed E-state index contributed by atoms with van der Waals surface area (Å²) in [5.41, 5.74) is 3.89. The summed E-state index contributed by atoms with van der Waals surface area (Å²) in [5, 5.41) is 9.33. The van der Waals surface area contributed by atoms with E-state index in [2.05, 4.69) is 65.7 Å². The Morgan fingerprint density at radius 3 is 2.38 bits per heavy atom. The number of thioether (sulfide) groups is 1. The van der Waals surface area contributed by atoms with E-state index in [9.17, 15) is 0 Å². The molecule has 0 unspecified atom stereocenters. The lowest BCUT2D eigenvalue weighted by Gasteiger charge is -2.19. The van der Waals surface area contributed by atoms with Crippen molar-refractivity contribution in [1.29, 1.82) is 0 Å². The highest BCUT2D eigenvalue weighted by Crippen LogP contribution is 2.40. The second-order valence-corrected chi connectivity index (χ2v) is 6.06. The molecule has 3 nitrogen and oxygen atoms in total. The molecule has 4 heteroatoms. The van der Waals surface area contributed by atoms with Gasteiger partial charge in [0.2, 0.25) is 0 Å². The summed E-state index contributed by atoms with van der Waals surface area (Å²) in [7, 11) is 1.97. The van der Waals surface area contributed by atoms with Crippen LogP contribution in [0.15, 0.2) is 66.1 Å². The minimum Gasteiger partial charge on any atom is -0.312 e. The first kappa shape index (κ1) is 13.9. The molecular formula is C17H17N3S. The van der Waals surface area contributed by atoms with Gasteiger partial charge in [-0.05, 0) is 23.6 Å². The van der Waals surface area contributed by atoms with Gasteiger partial charge in [0, 0.05) is 7.05 Å². The Hall–Kier alpha value is -2.07. The highest BCUT2D eigenvalue weighted by molar-refractivity contribution is 7.99. The van der Waals surface area contributed by atoms with Crippen LogP contribution >= 0.6 is 11.8 Å². The first-order valence-corrected chi connectivity index (χ1v) is 7.75. The molecule has 3 rings (SSSR count). The van der Waals surface area contributed by atoms with E-state index in [0.717, 1.165) is 5.16 Å². The van der Waals surface area contributed by atoms with E-state index in [1.807, 2.05) is 17.7 Å². The van der Waals surface area contributed by atoms with Crippen LogP contribution in [0.1, 0.15) is 21.9 Å². The van der Waals surface area contributed by atoms with Gasteiger partial charge < -0.3 is 4.57 Å². The van der Waals surface area contributed by atoms with E-state index in [4.69, 9.17) is 0 Å². The normalized spacial score (nSPS) is 12.3. The van der Waals surface area contributed by atoms with E-state index in [1.165, 1.54) is 16.7 Å². The van der Waals surface area contributed by atoms with Crippen LogP contribution in [0, 0.1) is 6.92 Å². The van der Waals surface area contributed by atoms with E-state index in [0.29, 0.717) is 0 Å². The lowest BCUT2D eigenvalue weighted by molar-refractivity contribution is 0.786. The summed E-state index contributed by atoms with van der Waals surface area (Å²) < 4.78 is 1.96. The summed E-state index contributed by atoms with van der Waals surface area (Å²) in [5.74, 6) is 0. The number of aryl methyl sites for hydroxylation is 2. The third kappa shape index (κ3) is 3.00. The van der Waals surface area contributed by atoms with Gasteiger partial charge in [-0.3, -0.25) is 0 Å². The van der Waals surface area contributed by atoms with Crippen LogP contribution in [0.3, 0.4) is 0 Å². The maximum atomic E-state index is 4.21. The lowest BCUT2D eigenvalue weighted by Crippen LogP contribution is -2.01. The number of rotatable bonds is 4. The molecule has 0 saturated heterocycles. The number of hydrogen-bond acceptors (Lipinski definition) is 3. The molecule has 0 fully saturated rings. The fourth-order valence-electron chi connectivity index (χ4n) is 2.30. The SMILES string of the molecule is Cc1ccccc1[C@@H](Sc1nncn1C)c1ccccc1. The Morgan fingerprint density at radius 2 is 1.71 bits per heavy atom. The van der Waals surface area contributed by atoms with Crippen LogP contribution in [0.4, 0.5) is 0 Å². The Morgan fingerprint density at radius 1 is 1.00 bits per heavy atom. The molecule has 0 N–H and O–H groups in total. The van der Waals surface area contributed by atoms with Crippen molar-refractivity contribution in [1.82, 2.24) is 14.8 Å². The first-order chi connectivity index (χ1) is 10.3. The van der Waals surface area contributed by atoms with Crippen LogP contribution in [0.25, 0.3) is 0 Å². The third-order valence-electron chi connectivity index (χ3n) is 3.47. The first-order valence-electron chi connectivity index (χ1n) is 6.87. The average molecular weight is 295 g/mol. The highest BCUT2D eigenvalue weighted by atomic mass is 32.2. The zero-order valence-corrected chi connectivity index (χ0v) is 12.9. The standard InChI is InChI=1S/C17H17N3S/c1-13-8-6-7-11-15(13)16(14-9-4-3-5-10-14)21-17-19-18-12-20(17)2/h3-12,16H,1-2H3/t16-/m0/s1. The smallest absolute Gasteiger partial charge is 0.191 e. The van der Waals surface area contributed by atoms with Gasteiger partial charge in [-0.15, -0.1) is 10.2 Å². The van der Waals surface area contributed by atoms with Gasteiger partial charge >= 0.3 is 0 Å². The van der Waals surface area contributed by atoms with Gasteiger partial charge in [0.25, 0.3) is 0 Å². The molecule has 0 aliphatic heterocycles. The van der Waals surface area contributed by atoms with Crippen LogP contribution in [0.5, 0.6) is 0 Å². The summed E-state index contributed by atoms with van der Waals surface area (Å²) in [6, 6.07) is 19.1. The largest absolute Gasteiger partial charge is 0.312 e. The summed E-state index contributed by atoms with van der Waals surface area (Å²) in [6.07, 6.45) is 1.74. The second-order valence-electron chi connectivity index (χ2n) is 4.99. The van der Waals surface area contributed by atoms with E-state index >= 15 is 0 Å². The van der Waals surface area contributed by atoms with Crippen LogP contribution in [0.2, 0.25) is 0 Å². The number of nitrogens with zero attached hydrogens (tertiary/aromatic N) is 3. The molecule has 1 aromatic heterocycles. The summed E-state index contributed by atoms with van der Waals surface area (Å²) in [6.45, 7) is 2.16. The summed E-state index contributed by atoms with van der Waals surface area (Å²) in [4.78, 5) is 0. The third-order valence-corrected chi connectivity index (χ3v) is 4.81. The number of benzene rings is 2. The molecule has 0 aliphatic rings. The topological polar surface area (TPSA) is 30.7 Å². The minimum absolute atomic E-state index is 0.218. The quantitative estimate of drug-likeness (QED) is 0.681. The van der Waals surface area contributed by atoms with E-state index in [1.54, 1.807) is 18.1 Å². The zero-order valence-electron chi connectivity index (χ0n) is 12.1. The molecule has 1 heterocycles. The second kappa shape index (κ2) is 6.14. The minimum atomic E-state index is 0.218. The molecule has 0 bridgehead atoms. The van der Waals surface area contributed by atoms with Gasteiger partial charge in [0.15, 0.2) is 5.16 Å². The molecule has 106 valence electrons. The molecule has 0 aliphatic carbocycles. The van der Waals surface area contributed by atoms with Gasteiger partial charge in [-0.1, -0.05) is 66.4 Å². The molecule has 2 aromatic carbocycles. The lowest BCUT2D eigenvalue weighted by atomic mass is 10.0. The predicted octanol–water partition coefficient (Wildman–Crippen LogP) is 4.01. The fourth-order valence-corrected chi connectivity index (χ4v) is 3.51. The Labute approximate surface area is 129 Å². The Bertz CT molecular complexity index is 722. The van der Waals surface area contributed by atoms with Crippen molar-refractivity contribution in [2.45, 2.75) is 17.3 Å². The summed E-state index contributed by atoms with van der Waals surface area (Å²) >= 11 is 1.73. The van der Waals surface area contributed by atoms with Crippen LogP contribution < -0.4 is 0 Å². The van der Waals surface area contributed by atoms with E-state index in [-0.39, 0.29) is 5.25 Å². The van der Waals surface area contributed by atoms with Gasteiger partial charge in [-0.2, -0.15) is 0 Å². The Balaban J connectivity index is 2.04. The molecule has 1 atom stereocenters. The molecule has 0 amide bonds. The molecule has 0 radical (unpaired) electrons. The number of aromatic nitrogens is 3. The molecule has 0 spiro atoms. The van der Waals surface area contributed by atoms with Gasteiger partial charge in [0.05, 0.1) is 5.25 Å². The van der Waals surface area contributed by atoms with Crippen LogP contribution in [-0.2, 0) is 7.05 Å². The predicted molar refractivity (Wildman–Crippen MR) is 86.3 cm³/mol. The highest BCUT2D eigenvalue weighted by Gasteiger charge is 2.19. The van der Waals surface area contributed by atoms with Gasteiger partial charge in [-0.25, -0.2) is 0 Å². The number of hydrogen-bond donors (Lipinski definition) is 0. The van der Waals surface area contributed by atoms with E-state index < -0.39 is 0 Å². The molecule has 21 heavy (non-hydrogen) atoms. The fraction of sp³-hybridized carbons (Fsp3) is 0.176. The zero-order chi connectivity index (χ0) is 14.7. The van der Waals surface area contributed by atoms with Crippen molar-refractivity contribution >= 4 is 11.8 Å². The average Bonchev–Trinajstić information content (AvgIpc) is 2.92. The van der Waals surface area contributed by atoms with Crippen molar-refractivity contribution in [2.24, 2.45) is 7.05 Å². The molecular weight excluding hydrogens is 278 g/mol. The van der Waals surface area contributed by atoms with Crippen LogP contribution in [-0.4, -0.2) is 14.8 Å². The van der Waals surface area contributed by atoms with Crippen molar-refractivity contribution in [3.05, 3.63) is 77.6 Å². The van der Waals surface area contributed by atoms with Crippen molar-refractivity contribution in [3.63, 3.8) is 0 Å². The van der Waals surface area contributed by atoms with Crippen molar-refractivity contribution < 1.29 is 0 Å². The molecule has 3 aromatic rings. The molecule has 0 saturated carbocycles. The Kier molecular flexibility index (Phi) is 4.06. The van der Waals surface area contributed by atoms with Crippen molar-refractivity contribution in [3.8, 4) is 0 Å². The van der Waals surface area contributed by atoms with Gasteiger partial charge in [0.1, 0.15) is 6.33 Å².